The lowest BCUT2D eigenvalue weighted by molar-refractivity contribution is 0.0892. The molecule has 0 aromatic heterocycles. The summed E-state index contributed by atoms with van der Waals surface area (Å²) in [7, 11) is 1.67. The minimum atomic E-state index is 0.224. The molecule has 1 aromatic carbocycles. The summed E-state index contributed by atoms with van der Waals surface area (Å²) in [6.07, 6.45) is 2.49. The van der Waals surface area contributed by atoms with E-state index in [0.29, 0.717) is 12.5 Å². The van der Waals surface area contributed by atoms with Gasteiger partial charge in [0.05, 0.1) is 13.7 Å². The van der Waals surface area contributed by atoms with E-state index in [2.05, 4.69) is 11.8 Å². The fraction of sp³-hybridized carbons (Fsp3) is 0.588. The van der Waals surface area contributed by atoms with Crippen LogP contribution in [0.5, 0.6) is 5.75 Å². The summed E-state index contributed by atoms with van der Waals surface area (Å²) >= 11 is 0. The Morgan fingerprint density at radius 2 is 2.10 bits per heavy atom. The number of ketones is 1. The summed E-state index contributed by atoms with van der Waals surface area (Å²) in [5, 5.41) is 0. The van der Waals surface area contributed by atoms with Gasteiger partial charge in [-0.3, -0.25) is 9.69 Å². The fourth-order valence-electron chi connectivity index (χ4n) is 3.03. The smallest absolute Gasteiger partial charge is 0.177 e. The maximum atomic E-state index is 12.5. The van der Waals surface area contributed by atoms with Crippen molar-refractivity contribution in [2.24, 2.45) is 5.92 Å². The summed E-state index contributed by atoms with van der Waals surface area (Å²) < 4.78 is 5.30. The van der Waals surface area contributed by atoms with Crippen LogP contribution in [0, 0.1) is 19.8 Å². The normalized spacial score (nSPS) is 19.9. The van der Waals surface area contributed by atoms with Crippen molar-refractivity contribution >= 4 is 5.78 Å². The number of nitrogens with zero attached hydrogens (tertiary/aromatic N) is 1. The third-order valence-corrected chi connectivity index (χ3v) is 4.15. The van der Waals surface area contributed by atoms with Crippen molar-refractivity contribution in [3.63, 3.8) is 0 Å². The van der Waals surface area contributed by atoms with Crippen LogP contribution in [0.15, 0.2) is 12.1 Å². The van der Waals surface area contributed by atoms with E-state index < -0.39 is 0 Å². The second-order valence-corrected chi connectivity index (χ2v) is 6.04. The van der Waals surface area contributed by atoms with E-state index in [1.54, 1.807) is 7.11 Å². The van der Waals surface area contributed by atoms with Crippen molar-refractivity contribution in [2.75, 3.05) is 26.7 Å². The number of hydrogen-bond donors (Lipinski definition) is 0. The van der Waals surface area contributed by atoms with Crippen molar-refractivity contribution in [3.8, 4) is 5.75 Å². The molecular formula is C17H25NO2. The largest absolute Gasteiger partial charge is 0.496 e. The number of carbonyl (C=O) groups is 1. The molecule has 0 spiro atoms. The fourth-order valence-corrected chi connectivity index (χ4v) is 3.03. The molecule has 1 aliphatic rings. The predicted octanol–water partition coefficient (Wildman–Crippen LogP) is 3.23. The van der Waals surface area contributed by atoms with Crippen LogP contribution < -0.4 is 4.74 Å². The zero-order valence-corrected chi connectivity index (χ0v) is 13.0. The monoisotopic (exact) mass is 275 g/mol. The van der Waals surface area contributed by atoms with Crippen LogP contribution >= 0.6 is 0 Å². The first kappa shape index (κ1) is 15.0. The highest BCUT2D eigenvalue weighted by Crippen LogP contribution is 2.23. The molecule has 20 heavy (non-hydrogen) atoms. The molecule has 0 radical (unpaired) electrons. The van der Waals surface area contributed by atoms with Crippen molar-refractivity contribution in [1.82, 2.24) is 4.90 Å². The molecule has 0 aliphatic carbocycles. The number of Topliss-reactive ketones (excluding diaryl/α,β-unsaturated/α-hetero) is 1. The SMILES string of the molecule is COc1cc(C)c(C(=O)CN2CCCC(C)C2)cc1C. The zero-order chi connectivity index (χ0) is 14.7. The lowest BCUT2D eigenvalue weighted by atomic mass is 9.97. The summed E-state index contributed by atoms with van der Waals surface area (Å²) in [6.45, 7) is 8.85. The summed E-state index contributed by atoms with van der Waals surface area (Å²) in [4.78, 5) is 14.8. The molecule has 1 unspecified atom stereocenters. The van der Waals surface area contributed by atoms with Gasteiger partial charge in [0.15, 0.2) is 5.78 Å². The van der Waals surface area contributed by atoms with E-state index in [1.807, 2.05) is 26.0 Å². The third-order valence-electron chi connectivity index (χ3n) is 4.15. The molecule has 1 atom stereocenters. The summed E-state index contributed by atoms with van der Waals surface area (Å²) in [5.74, 6) is 1.78. The van der Waals surface area contributed by atoms with Gasteiger partial charge in [-0.25, -0.2) is 0 Å². The van der Waals surface area contributed by atoms with Crippen LogP contribution in [0.25, 0.3) is 0 Å². The Labute approximate surface area is 121 Å². The average molecular weight is 275 g/mol. The second-order valence-electron chi connectivity index (χ2n) is 6.04. The molecule has 1 heterocycles. The number of hydrogen-bond acceptors (Lipinski definition) is 3. The molecule has 0 amide bonds. The Kier molecular flexibility index (Phi) is 4.81. The first-order valence-corrected chi connectivity index (χ1v) is 7.42. The average Bonchev–Trinajstić information content (AvgIpc) is 2.40. The summed E-state index contributed by atoms with van der Waals surface area (Å²) in [5.41, 5.74) is 2.86. The van der Waals surface area contributed by atoms with Gasteiger partial charge in [-0.05, 0) is 62.4 Å². The first-order chi connectivity index (χ1) is 9.51. The first-order valence-electron chi connectivity index (χ1n) is 7.42. The van der Waals surface area contributed by atoms with Crippen molar-refractivity contribution in [3.05, 3.63) is 28.8 Å². The molecular weight excluding hydrogens is 250 g/mol. The molecule has 110 valence electrons. The van der Waals surface area contributed by atoms with Gasteiger partial charge in [-0.15, -0.1) is 0 Å². The molecule has 2 rings (SSSR count). The Morgan fingerprint density at radius 1 is 1.35 bits per heavy atom. The number of rotatable bonds is 4. The topological polar surface area (TPSA) is 29.5 Å². The van der Waals surface area contributed by atoms with Gasteiger partial charge in [-0.2, -0.15) is 0 Å². The lowest BCUT2D eigenvalue weighted by Gasteiger charge is -2.30. The van der Waals surface area contributed by atoms with Gasteiger partial charge < -0.3 is 4.74 Å². The van der Waals surface area contributed by atoms with Crippen LogP contribution in [0.2, 0.25) is 0 Å². The molecule has 3 heteroatoms. The molecule has 3 nitrogen and oxygen atoms in total. The zero-order valence-electron chi connectivity index (χ0n) is 13.0. The standard InChI is InChI=1S/C17H25NO2/c1-12-6-5-7-18(10-12)11-16(19)15-8-14(3)17(20-4)9-13(15)2/h8-9,12H,5-7,10-11H2,1-4H3. The Hall–Kier alpha value is -1.35. The van der Waals surface area contributed by atoms with Gasteiger partial charge in [-0.1, -0.05) is 6.92 Å². The quantitative estimate of drug-likeness (QED) is 0.790. The highest BCUT2D eigenvalue weighted by Gasteiger charge is 2.20. The number of benzene rings is 1. The van der Waals surface area contributed by atoms with E-state index in [0.717, 1.165) is 35.5 Å². The molecule has 0 bridgehead atoms. The van der Waals surface area contributed by atoms with Crippen LogP contribution in [0.1, 0.15) is 41.3 Å². The predicted molar refractivity (Wildman–Crippen MR) is 81.6 cm³/mol. The third kappa shape index (κ3) is 3.40. The van der Waals surface area contributed by atoms with E-state index >= 15 is 0 Å². The van der Waals surface area contributed by atoms with Crippen LogP contribution in [-0.2, 0) is 0 Å². The van der Waals surface area contributed by atoms with Crippen molar-refractivity contribution in [1.29, 1.82) is 0 Å². The number of ether oxygens (including phenoxy) is 1. The van der Waals surface area contributed by atoms with Crippen LogP contribution in [0.3, 0.4) is 0 Å². The minimum Gasteiger partial charge on any atom is -0.496 e. The van der Waals surface area contributed by atoms with E-state index in [4.69, 9.17) is 4.74 Å². The number of piperidine rings is 1. The maximum Gasteiger partial charge on any atom is 0.177 e. The van der Waals surface area contributed by atoms with Crippen molar-refractivity contribution in [2.45, 2.75) is 33.6 Å². The molecule has 1 fully saturated rings. The van der Waals surface area contributed by atoms with Gasteiger partial charge in [0.25, 0.3) is 0 Å². The lowest BCUT2D eigenvalue weighted by Crippen LogP contribution is -2.38. The molecule has 1 aliphatic heterocycles. The van der Waals surface area contributed by atoms with Gasteiger partial charge >= 0.3 is 0 Å². The van der Waals surface area contributed by atoms with Gasteiger partial charge in [0.1, 0.15) is 5.75 Å². The Balaban J connectivity index is 2.11. The maximum absolute atomic E-state index is 12.5. The highest BCUT2D eigenvalue weighted by atomic mass is 16.5. The molecule has 1 saturated heterocycles. The summed E-state index contributed by atoms with van der Waals surface area (Å²) in [6, 6.07) is 3.92. The number of likely N-dealkylation sites (tertiary alicyclic amines) is 1. The van der Waals surface area contributed by atoms with Crippen molar-refractivity contribution < 1.29 is 9.53 Å². The van der Waals surface area contributed by atoms with E-state index in [1.165, 1.54) is 12.8 Å². The van der Waals surface area contributed by atoms with Crippen LogP contribution in [-0.4, -0.2) is 37.4 Å². The number of aryl methyl sites for hydroxylation is 2. The van der Waals surface area contributed by atoms with E-state index in [9.17, 15) is 4.79 Å². The van der Waals surface area contributed by atoms with Gasteiger partial charge in [0, 0.05) is 12.1 Å². The number of methoxy groups -OCH3 is 1. The minimum absolute atomic E-state index is 0.224. The highest BCUT2D eigenvalue weighted by molar-refractivity contribution is 5.99. The molecule has 0 saturated carbocycles. The second kappa shape index (κ2) is 6.40. The Morgan fingerprint density at radius 3 is 2.75 bits per heavy atom. The van der Waals surface area contributed by atoms with Gasteiger partial charge in [0.2, 0.25) is 0 Å². The van der Waals surface area contributed by atoms with E-state index in [-0.39, 0.29) is 5.78 Å². The molecule has 1 aromatic rings. The molecule has 0 N–H and O–H groups in total. The number of carbonyl (C=O) groups excluding carboxylic acids is 1. The Bertz CT molecular complexity index is 496. The van der Waals surface area contributed by atoms with Crippen LogP contribution in [0.4, 0.5) is 0 Å².